The summed E-state index contributed by atoms with van der Waals surface area (Å²) in [5.41, 5.74) is 1.65. The van der Waals surface area contributed by atoms with E-state index in [2.05, 4.69) is 19.5 Å². The molecule has 9 heteroatoms. The molecule has 0 saturated carbocycles. The standard InChI is InChI=1S/C19H26N4O4S/c1-28(25,26)21-16-2-4-19(5-3-16)27-15-18(24)14-22-10-12-23(13-11-22)17-6-8-20-9-7-17/h2-9,18,21,24H,10-15H2,1H3/t18-/m0/s1. The Morgan fingerprint density at radius 2 is 1.75 bits per heavy atom. The lowest BCUT2D eigenvalue weighted by molar-refractivity contribution is 0.0663. The minimum atomic E-state index is -3.30. The SMILES string of the molecule is CS(=O)(=O)Nc1ccc(OC[C@@H](O)CN2CCN(c3ccncc3)CC2)cc1. The van der Waals surface area contributed by atoms with Gasteiger partial charge in [-0.3, -0.25) is 14.6 Å². The van der Waals surface area contributed by atoms with E-state index in [1.54, 1.807) is 36.7 Å². The maximum atomic E-state index is 11.2. The van der Waals surface area contributed by atoms with Crippen LogP contribution in [0.3, 0.4) is 0 Å². The molecule has 2 aromatic rings. The zero-order valence-electron chi connectivity index (χ0n) is 15.9. The van der Waals surface area contributed by atoms with Crippen LogP contribution < -0.4 is 14.4 Å². The van der Waals surface area contributed by atoms with Gasteiger partial charge in [-0.25, -0.2) is 8.42 Å². The molecule has 1 atom stereocenters. The Labute approximate surface area is 165 Å². The number of ether oxygens (including phenoxy) is 1. The zero-order chi connectivity index (χ0) is 20.0. The third-order valence-electron chi connectivity index (χ3n) is 4.47. The third-order valence-corrected chi connectivity index (χ3v) is 5.08. The van der Waals surface area contributed by atoms with Crippen molar-refractivity contribution in [1.82, 2.24) is 9.88 Å². The highest BCUT2D eigenvalue weighted by atomic mass is 32.2. The molecule has 152 valence electrons. The van der Waals surface area contributed by atoms with Crippen LogP contribution in [0.2, 0.25) is 0 Å². The fourth-order valence-electron chi connectivity index (χ4n) is 3.12. The predicted molar refractivity (Wildman–Crippen MR) is 109 cm³/mol. The number of aliphatic hydroxyl groups is 1. The van der Waals surface area contributed by atoms with Gasteiger partial charge >= 0.3 is 0 Å². The van der Waals surface area contributed by atoms with E-state index in [9.17, 15) is 13.5 Å². The Bertz CT molecular complexity index is 838. The Balaban J connectivity index is 1.39. The van der Waals surface area contributed by atoms with Gasteiger partial charge in [0.2, 0.25) is 10.0 Å². The van der Waals surface area contributed by atoms with Crippen LogP contribution in [0.5, 0.6) is 5.75 Å². The lowest BCUT2D eigenvalue weighted by Crippen LogP contribution is -2.49. The summed E-state index contributed by atoms with van der Waals surface area (Å²) in [6, 6.07) is 10.6. The molecule has 1 saturated heterocycles. The average molecular weight is 407 g/mol. The number of β-amino-alcohol motifs (C(OH)–C–C–N with tert-alkyl or cyclic N) is 1. The largest absolute Gasteiger partial charge is 0.491 e. The number of nitrogens with zero attached hydrogens (tertiary/aromatic N) is 3. The molecule has 2 heterocycles. The summed E-state index contributed by atoms with van der Waals surface area (Å²) < 4.78 is 30.4. The van der Waals surface area contributed by atoms with Crippen molar-refractivity contribution in [1.29, 1.82) is 0 Å². The van der Waals surface area contributed by atoms with Crippen LogP contribution in [0.25, 0.3) is 0 Å². The summed E-state index contributed by atoms with van der Waals surface area (Å²) in [6.45, 7) is 4.32. The highest BCUT2D eigenvalue weighted by Gasteiger charge is 2.19. The molecule has 0 spiro atoms. The minimum absolute atomic E-state index is 0.184. The first-order valence-corrected chi connectivity index (χ1v) is 11.0. The molecule has 3 rings (SSSR count). The fourth-order valence-corrected chi connectivity index (χ4v) is 3.68. The van der Waals surface area contributed by atoms with E-state index in [1.165, 1.54) is 5.69 Å². The smallest absolute Gasteiger partial charge is 0.229 e. The molecule has 2 N–H and O–H groups in total. The minimum Gasteiger partial charge on any atom is -0.491 e. The Hall–Kier alpha value is -2.36. The maximum absolute atomic E-state index is 11.2. The van der Waals surface area contributed by atoms with Crippen molar-refractivity contribution in [2.24, 2.45) is 0 Å². The average Bonchev–Trinajstić information content (AvgIpc) is 2.68. The summed E-state index contributed by atoms with van der Waals surface area (Å²) in [6.07, 6.45) is 4.10. The summed E-state index contributed by atoms with van der Waals surface area (Å²) in [5, 5.41) is 10.3. The zero-order valence-corrected chi connectivity index (χ0v) is 16.7. The van der Waals surface area contributed by atoms with Crippen LogP contribution in [0.4, 0.5) is 11.4 Å². The Kier molecular flexibility index (Phi) is 6.71. The van der Waals surface area contributed by atoms with E-state index in [0.717, 1.165) is 32.4 Å². The van der Waals surface area contributed by atoms with Crippen molar-refractivity contribution in [3.8, 4) is 5.75 Å². The number of piperazine rings is 1. The number of hydrogen-bond acceptors (Lipinski definition) is 7. The second kappa shape index (κ2) is 9.22. The number of benzene rings is 1. The van der Waals surface area contributed by atoms with Crippen LogP contribution in [-0.2, 0) is 10.0 Å². The molecule has 0 amide bonds. The van der Waals surface area contributed by atoms with E-state index in [-0.39, 0.29) is 6.61 Å². The van der Waals surface area contributed by atoms with Crippen molar-refractivity contribution in [2.75, 3.05) is 55.2 Å². The molecule has 8 nitrogen and oxygen atoms in total. The van der Waals surface area contributed by atoms with Crippen LogP contribution >= 0.6 is 0 Å². The van der Waals surface area contributed by atoms with Gasteiger partial charge in [0, 0.05) is 56.5 Å². The first kappa shape index (κ1) is 20.4. The van der Waals surface area contributed by atoms with Crippen LogP contribution in [0.15, 0.2) is 48.8 Å². The molecule has 1 aliphatic heterocycles. The molecule has 0 aliphatic carbocycles. The molecule has 1 aliphatic rings. The molecule has 1 aromatic heterocycles. The van der Waals surface area contributed by atoms with Crippen LogP contribution in [0, 0.1) is 0 Å². The van der Waals surface area contributed by atoms with E-state index in [0.29, 0.717) is 18.0 Å². The number of nitrogens with one attached hydrogen (secondary N) is 1. The van der Waals surface area contributed by atoms with Crippen molar-refractivity contribution in [3.05, 3.63) is 48.8 Å². The number of aliphatic hydroxyl groups excluding tert-OH is 1. The van der Waals surface area contributed by atoms with Crippen molar-refractivity contribution >= 4 is 21.4 Å². The van der Waals surface area contributed by atoms with Crippen LogP contribution in [-0.4, -0.2) is 75.1 Å². The molecule has 1 fully saturated rings. The maximum Gasteiger partial charge on any atom is 0.229 e. The highest BCUT2D eigenvalue weighted by molar-refractivity contribution is 7.92. The van der Waals surface area contributed by atoms with Crippen molar-refractivity contribution in [2.45, 2.75) is 6.10 Å². The summed E-state index contributed by atoms with van der Waals surface area (Å²) in [7, 11) is -3.30. The highest BCUT2D eigenvalue weighted by Crippen LogP contribution is 2.17. The Morgan fingerprint density at radius 1 is 1.11 bits per heavy atom. The molecular formula is C19H26N4O4S. The first-order valence-electron chi connectivity index (χ1n) is 9.15. The lowest BCUT2D eigenvalue weighted by Gasteiger charge is -2.36. The van der Waals surface area contributed by atoms with E-state index in [1.807, 2.05) is 12.1 Å². The van der Waals surface area contributed by atoms with Gasteiger partial charge < -0.3 is 14.7 Å². The van der Waals surface area contributed by atoms with Crippen LogP contribution in [0.1, 0.15) is 0 Å². The fraction of sp³-hybridized carbons (Fsp3) is 0.421. The number of hydrogen-bond donors (Lipinski definition) is 2. The molecule has 28 heavy (non-hydrogen) atoms. The number of rotatable bonds is 8. The predicted octanol–water partition coefficient (Wildman–Crippen LogP) is 1.01. The first-order chi connectivity index (χ1) is 13.4. The molecular weight excluding hydrogens is 380 g/mol. The van der Waals surface area contributed by atoms with Crippen molar-refractivity contribution < 1.29 is 18.3 Å². The molecule has 0 unspecified atom stereocenters. The lowest BCUT2D eigenvalue weighted by atomic mass is 10.2. The topological polar surface area (TPSA) is 95.0 Å². The quantitative estimate of drug-likeness (QED) is 0.676. The van der Waals surface area contributed by atoms with E-state index < -0.39 is 16.1 Å². The van der Waals surface area contributed by atoms with Crippen molar-refractivity contribution in [3.63, 3.8) is 0 Å². The van der Waals surface area contributed by atoms with Gasteiger partial charge in [-0.2, -0.15) is 0 Å². The summed E-state index contributed by atoms with van der Waals surface area (Å²) in [5.74, 6) is 0.584. The Morgan fingerprint density at radius 3 is 2.36 bits per heavy atom. The number of pyridine rings is 1. The summed E-state index contributed by atoms with van der Waals surface area (Å²) in [4.78, 5) is 8.59. The number of anilines is 2. The second-order valence-electron chi connectivity index (χ2n) is 6.86. The molecule has 0 radical (unpaired) electrons. The van der Waals surface area contributed by atoms with Gasteiger partial charge in [0.25, 0.3) is 0 Å². The normalized spacial score (nSPS) is 16.6. The number of aromatic nitrogens is 1. The molecule has 0 bridgehead atoms. The van der Waals surface area contributed by atoms with E-state index >= 15 is 0 Å². The monoisotopic (exact) mass is 406 g/mol. The second-order valence-corrected chi connectivity index (χ2v) is 8.60. The van der Waals surface area contributed by atoms with Gasteiger partial charge in [0.15, 0.2) is 0 Å². The third kappa shape index (κ3) is 6.36. The van der Waals surface area contributed by atoms with Gasteiger partial charge in [0.1, 0.15) is 18.5 Å². The van der Waals surface area contributed by atoms with Gasteiger partial charge in [-0.15, -0.1) is 0 Å². The number of sulfonamides is 1. The van der Waals surface area contributed by atoms with Gasteiger partial charge in [-0.1, -0.05) is 0 Å². The summed E-state index contributed by atoms with van der Waals surface area (Å²) >= 11 is 0. The van der Waals surface area contributed by atoms with Gasteiger partial charge in [-0.05, 0) is 36.4 Å². The van der Waals surface area contributed by atoms with Gasteiger partial charge in [0.05, 0.1) is 6.26 Å². The molecule has 1 aromatic carbocycles. The van der Waals surface area contributed by atoms with E-state index in [4.69, 9.17) is 4.74 Å².